The molecule has 2 rings (SSSR count). The Morgan fingerprint density at radius 1 is 1.16 bits per heavy atom. The lowest BCUT2D eigenvalue weighted by atomic mass is 10.0. The molecule has 0 bridgehead atoms. The maximum absolute atomic E-state index is 12.9. The zero-order valence-electron chi connectivity index (χ0n) is 17.7. The molecule has 1 fully saturated rings. The van der Waals surface area contributed by atoms with Crippen LogP contribution >= 0.6 is 0 Å². The molecule has 1 heterocycles. The van der Waals surface area contributed by atoms with Crippen LogP contribution in [0.3, 0.4) is 0 Å². The highest BCUT2D eigenvalue weighted by Gasteiger charge is 2.37. The molecule has 3 amide bonds. The molecule has 1 saturated heterocycles. The summed E-state index contributed by atoms with van der Waals surface area (Å²) >= 11 is 0. The van der Waals surface area contributed by atoms with E-state index in [1.165, 1.54) is 11.8 Å². The SMILES string of the molecule is CC(N)C(=O)N1CCCC1C(=O)NC(Cc1ccccc1)C(=O)NC(C(=O)O)C(C)O. The van der Waals surface area contributed by atoms with Gasteiger partial charge in [0.2, 0.25) is 17.7 Å². The van der Waals surface area contributed by atoms with Crippen LogP contribution in [-0.2, 0) is 25.6 Å². The predicted molar refractivity (Wildman–Crippen MR) is 112 cm³/mol. The van der Waals surface area contributed by atoms with Gasteiger partial charge in [0.15, 0.2) is 6.04 Å². The van der Waals surface area contributed by atoms with E-state index in [0.29, 0.717) is 19.4 Å². The quantitative estimate of drug-likeness (QED) is 0.333. The average molecular weight is 434 g/mol. The van der Waals surface area contributed by atoms with Crippen LogP contribution in [0.15, 0.2) is 30.3 Å². The number of carbonyl (C=O) groups excluding carboxylic acids is 3. The monoisotopic (exact) mass is 434 g/mol. The van der Waals surface area contributed by atoms with Crippen molar-refractivity contribution < 1.29 is 29.4 Å². The second kappa shape index (κ2) is 10.9. The molecular weight excluding hydrogens is 404 g/mol. The molecule has 6 N–H and O–H groups in total. The Labute approximate surface area is 180 Å². The van der Waals surface area contributed by atoms with Crippen LogP contribution in [0.5, 0.6) is 0 Å². The Hall–Kier alpha value is -2.98. The summed E-state index contributed by atoms with van der Waals surface area (Å²) in [7, 11) is 0. The molecule has 0 saturated carbocycles. The van der Waals surface area contributed by atoms with Crippen molar-refractivity contribution >= 4 is 23.7 Å². The number of carboxylic acid groups (broad SMARTS) is 1. The fourth-order valence-corrected chi connectivity index (χ4v) is 3.53. The third-order valence-corrected chi connectivity index (χ3v) is 5.19. The van der Waals surface area contributed by atoms with Gasteiger partial charge < -0.3 is 31.5 Å². The number of nitrogens with one attached hydrogen (secondary N) is 2. The molecule has 0 radical (unpaired) electrons. The van der Waals surface area contributed by atoms with E-state index >= 15 is 0 Å². The minimum Gasteiger partial charge on any atom is -0.480 e. The molecule has 1 aromatic carbocycles. The predicted octanol–water partition coefficient (Wildman–Crippen LogP) is -0.998. The number of aliphatic carboxylic acids is 1. The van der Waals surface area contributed by atoms with Gasteiger partial charge in [0.05, 0.1) is 12.1 Å². The Morgan fingerprint density at radius 2 is 1.81 bits per heavy atom. The fourth-order valence-electron chi connectivity index (χ4n) is 3.53. The highest BCUT2D eigenvalue weighted by Crippen LogP contribution is 2.19. The standard InChI is InChI=1S/C21H30N4O6/c1-12(22)20(29)25-10-6-9-16(25)19(28)23-15(11-14-7-4-3-5-8-14)18(27)24-17(13(2)26)21(30)31/h3-5,7-8,12-13,15-17,26H,6,9-11,22H2,1-2H3,(H,23,28)(H,24,27)(H,30,31). The largest absolute Gasteiger partial charge is 0.480 e. The Kier molecular flexibility index (Phi) is 8.52. The number of amides is 3. The van der Waals surface area contributed by atoms with E-state index in [4.69, 9.17) is 5.73 Å². The Balaban J connectivity index is 2.19. The number of nitrogens with zero attached hydrogens (tertiary/aromatic N) is 1. The third-order valence-electron chi connectivity index (χ3n) is 5.19. The highest BCUT2D eigenvalue weighted by molar-refractivity contribution is 5.94. The summed E-state index contributed by atoms with van der Waals surface area (Å²) in [5, 5.41) is 23.8. The van der Waals surface area contributed by atoms with E-state index in [9.17, 15) is 29.4 Å². The molecule has 5 atom stereocenters. The van der Waals surface area contributed by atoms with Crippen LogP contribution in [-0.4, -0.2) is 75.6 Å². The maximum Gasteiger partial charge on any atom is 0.328 e. The lowest BCUT2D eigenvalue weighted by molar-refractivity contribution is -0.145. The number of hydrogen-bond acceptors (Lipinski definition) is 6. The minimum absolute atomic E-state index is 0.110. The van der Waals surface area contributed by atoms with E-state index in [-0.39, 0.29) is 12.3 Å². The number of carbonyl (C=O) groups is 4. The van der Waals surface area contributed by atoms with Crippen LogP contribution in [0.25, 0.3) is 0 Å². The number of aliphatic hydroxyl groups excluding tert-OH is 1. The lowest BCUT2D eigenvalue weighted by Gasteiger charge is -2.28. The summed E-state index contributed by atoms with van der Waals surface area (Å²) in [6, 6.07) is 4.80. The summed E-state index contributed by atoms with van der Waals surface area (Å²) in [5.74, 6) is -2.99. The zero-order valence-corrected chi connectivity index (χ0v) is 17.7. The first kappa shape index (κ1) is 24.3. The van der Waals surface area contributed by atoms with Gasteiger partial charge in [0.1, 0.15) is 12.1 Å². The van der Waals surface area contributed by atoms with Crippen molar-refractivity contribution in [3.05, 3.63) is 35.9 Å². The van der Waals surface area contributed by atoms with Gasteiger partial charge in [-0.15, -0.1) is 0 Å². The molecule has 10 heteroatoms. The number of carboxylic acids is 1. The van der Waals surface area contributed by atoms with Crippen LogP contribution < -0.4 is 16.4 Å². The maximum atomic E-state index is 12.9. The second-order valence-electron chi connectivity index (χ2n) is 7.79. The summed E-state index contributed by atoms with van der Waals surface area (Å²) in [4.78, 5) is 50.9. The van der Waals surface area contributed by atoms with Gasteiger partial charge in [0, 0.05) is 13.0 Å². The van der Waals surface area contributed by atoms with Crippen LogP contribution in [0, 0.1) is 0 Å². The summed E-state index contributed by atoms with van der Waals surface area (Å²) in [5.41, 5.74) is 6.43. The Morgan fingerprint density at radius 3 is 2.35 bits per heavy atom. The molecule has 170 valence electrons. The lowest BCUT2D eigenvalue weighted by Crippen LogP contribution is -2.58. The van der Waals surface area contributed by atoms with Crippen molar-refractivity contribution in [3.8, 4) is 0 Å². The number of benzene rings is 1. The molecule has 1 aromatic rings. The first-order chi connectivity index (χ1) is 14.6. The zero-order chi connectivity index (χ0) is 23.1. The third kappa shape index (κ3) is 6.50. The van der Waals surface area contributed by atoms with Gasteiger partial charge in [-0.1, -0.05) is 30.3 Å². The minimum atomic E-state index is -1.52. The summed E-state index contributed by atoms with van der Waals surface area (Å²) < 4.78 is 0. The van der Waals surface area contributed by atoms with Gasteiger partial charge in [-0.05, 0) is 32.3 Å². The molecule has 31 heavy (non-hydrogen) atoms. The van der Waals surface area contributed by atoms with Gasteiger partial charge in [-0.25, -0.2) is 4.79 Å². The second-order valence-corrected chi connectivity index (χ2v) is 7.79. The van der Waals surface area contributed by atoms with Crippen LogP contribution in [0.4, 0.5) is 0 Å². The van der Waals surface area contributed by atoms with E-state index < -0.39 is 48.1 Å². The van der Waals surface area contributed by atoms with Crippen molar-refractivity contribution in [1.82, 2.24) is 15.5 Å². The van der Waals surface area contributed by atoms with Gasteiger partial charge in [-0.2, -0.15) is 0 Å². The van der Waals surface area contributed by atoms with E-state index in [1.807, 2.05) is 0 Å². The Bertz CT molecular complexity index is 798. The first-order valence-corrected chi connectivity index (χ1v) is 10.2. The molecular formula is C21H30N4O6. The van der Waals surface area contributed by atoms with Crippen LogP contribution in [0.2, 0.25) is 0 Å². The molecule has 1 aliphatic heterocycles. The molecule has 0 spiro atoms. The van der Waals surface area contributed by atoms with E-state index in [0.717, 1.165) is 5.56 Å². The van der Waals surface area contributed by atoms with Crippen molar-refractivity contribution in [1.29, 1.82) is 0 Å². The van der Waals surface area contributed by atoms with Crippen molar-refractivity contribution in [2.45, 2.75) is 63.4 Å². The molecule has 5 unspecified atom stereocenters. The van der Waals surface area contributed by atoms with Gasteiger partial charge >= 0.3 is 5.97 Å². The first-order valence-electron chi connectivity index (χ1n) is 10.2. The number of likely N-dealkylation sites (tertiary alicyclic amines) is 1. The molecule has 0 aromatic heterocycles. The smallest absolute Gasteiger partial charge is 0.328 e. The van der Waals surface area contributed by atoms with Gasteiger partial charge in [-0.3, -0.25) is 14.4 Å². The highest BCUT2D eigenvalue weighted by atomic mass is 16.4. The van der Waals surface area contributed by atoms with Crippen molar-refractivity contribution in [2.75, 3.05) is 6.54 Å². The number of rotatable bonds is 9. The molecule has 1 aliphatic rings. The van der Waals surface area contributed by atoms with Crippen molar-refractivity contribution in [3.63, 3.8) is 0 Å². The van der Waals surface area contributed by atoms with E-state index in [1.54, 1.807) is 37.3 Å². The number of hydrogen-bond donors (Lipinski definition) is 5. The van der Waals surface area contributed by atoms with E-state index in [2.05, 4.69) is 10.6 Å². The number of aliphatic hydroxyl groups is 1. The van der Waals surface area contributed by atoms with Crippen LogP contribution in [0.1, 0.15) is 32.3 Å². The molecule has 10 nitrogen and oxygen atoms in total. The average Bonchev–Trinajstić information content (AvgIpc) is 3.20. The van der Waals surface area contributed by atoms with Crippen molar-refractivity contribution in [2.24, 2.45) is 5.73 Å². The van der Waals surface area contributed by atoms with Gasteiger partial charge in [0.25, 0.3) is 0 Å². The topological polar surface area (TPSA) is 162 Å². The summed E-state index contributed by atoms with van der Waals surface area (Å²) in [6.07, 6.45) is -0.146. The normalized spacial score (nSPS) is 19.7. The molecule has 0 aliphatic carbocycles. The number of nitrogens with two attached hydrogens (primary N) is 1. The summed E-state index contributed by atoms with van der Waals surface area (Å²) in [6.45, 7) is 3.19. The fraction of sp³-hybridized carbons (Fsp3) is 0.524.